The van der Waals surface area contributed by atoms with E-state index < -0.39 is 0 Å². The van der Waals surface area contributed by atoms with Crippen LogP contribution < -0.4 is 4.90 Å². The van der Waals surface area contributed by atoms with Gasteiger partial charge in [0, 0.05) is 44.8 Å². The highest BCUT2D eigenvalue weighted by molar-refractivity contribution is 5.95. The van der Waals surface area contributed by atoms with Crippen molar-refractivity contribution in [2.45, 2.75) is 44.6 Å². The molecule has 0 atom stereocenters. The number of anilines is 1. The fourth-order valence-corrected chi connectivity index (χ4v) is 4.07. The summed E-state index contributed by atoms with van der Waals surface area (Å²) < 4.78 is 0. The Labute approximate surface area is 150 Å². The highest BCUT2D eigenvalue weighted by Crippen LogP contribution is 2.31. The van der Waals surface area contributed by atoms with Gasteiger partial charge in [0.05, 0.1) is 0 Å². The van der Waals surface area contributed by atoms with Gasteiger partial charge in [0.15, 0.2) is 0 Å². The van der Waals surface area contributed by atoms with Crippen molar-refractivity contribution in [1.82, 2.24) is 9.80 Å². The number of hydrogen-bond donors (Lipinski definition) is 0. The Morgan fingerprint density at radius 3 is 2.12 bits per heavy atom. The second kappa shape index (κ2) is 7.89. The van der Waals surface area contributed by atoms with Crippen molar-refractivity contribution < 1.29 is 9.59 Å². The molecule has 1 heterocycles. The quantitative estimate of drug-likeness (QED) is 0.845. The van der Waals surface area contributed by atoms with Crippen LogP contribution in [0.4, 0.5) is 10.5 Å². The standard InChI is InChI=1S/C20H29N3O2/c1-21(2)20(25)22-14-12-16(13-15-22)19(24)23(18-10-6-7-11-18)17-8-4-3-5-9-17/h3-5,8-9,16,18H,6-7,10-15H2,1-2H3. The van der Waals surface area contributed by atoms with E-state index in [0.29, 0.717) is 19.1 Å². The molecule has 3 amide bonds. The smallest absolute Gasteiger partial charge is 0.319 e. The molecule has 3 rings (SSSR count). The molecule has 0 N–H and O–H groups in total. The van der Waals surface area contributed by atoms with Crippen LogP contribution in [0.2, 0.25) is 0 Å². The summed E-state index contributed by atoms with van der Waals surface area (Å²) in [4.78, 5) is 30.9. The number of amides is 3. The maximum atomic E-state index is 13.3. The number of urea groups is 1. The molecule has 2 fully saturated rings. The molecule has 0 unspecified atom stereocenters. The van der Waals surface area contributed by atoms with Crippen LogP contribution in [0, 0.1) is 5.92 Å². The average molecular weight is 343 g/mol. The van der Waals surface area contributed by atoms with E-state index in [0.717, 1.165) is 31.4 Å². The molecule has 0 bridgehead atoms. The number of para-hydroxylation sites is 1. The van der Waals surface area contributed by atoms with E-state index in [1.165, 1.54) is 12.8 Å². The summed E-state index contributed by atoms with van der Waals surface area (Å²) in [5, 5.41) is 0. The lowest BCUT2D eigenvalue weighted by atomic mass is 9.94. The minimum atomic E-state index is 0.0204. The normalized spacial score (nSPS) is 19.0. The molecule has 1 aliphatic carbocycles. The van der Waals surface area contributed by atoms with Gasteiger partial charge in [-0.25, -0.2) is 4.79 Å². The van der Waals surface area contributed by atoms with E-state index >= 15 is 0 Å². The van der Waals surface area contributed by atoms with Gasteiger partial charge in [-0.2, -0.15) is 0 Å². The average Bonchev–Trinajstić information content (AvgIpc) is 3.16. The van der Waals surface area contributed by atoms with Gasteiger partial charge in [0.25, 0.3) is 0 Å². The third-order valence-electron chi connectivity index (χ3n) is 5.46. The number of likely N-dealkylation sites (tertiary alicyclic amines) is 1. The lowest BCUT2D eigenvalue weighted by Gasteiger charge is -2.37. The number of rotatable bonds is 3. The van der Waals surface area contributed by atoms with Gasteiger partial charge in [0.1, 0.15) is 0 Å². The van der Waals surface area contributed by atoms with Crippen molar-refractivity contribution in [2.75, 3.05) is 32.1 Å². The molecule has 1 saturated carbocycles. The van der Waals surface area contributed by atoms with E-state index in [1.54, 1.807) is 19.0 Å². The summed E-state index contributed by atoms with van der Waals surface area (Å²) >= 11 is 0. The largest absolute Gasteiger partial charge is 0.331 e. The van der Waals surface area contributed by atoms with E-state index in [9.17, 15) is 9.59 Å². The molecule has 0 spiro atoms. The number of carbonyl (C=O) groups is 2. The molecule has 5 nitrogen and oxygen atoms in total. The third kappa shape index (κ3) is 3.97. The Bertz CT molecular complexity index is 588. The first kappa shape index (κ1) is 17.8. The van der Waals surface area contributed by atoms with Gasteiger partial charge in [-0.05, 0) is 37.8 Å². The van der Waals surface area contributed by atoms with Crippen molar-refractivity contribution in [3.63, 3.8) is 0 Å². The van der Waals surface area contributed by atoms with E-state index in [4.69, 9.17) is 0 Å². The summed E-state index contributed by atoms with van der Waals surface area (Å²) in [6, 6.07) is 10.5. The van der Waals surface area contributed by atoms with E-state index in [1.807, 2.05) is 35.2 Å². The number of nitrogens with zero attached hydrogens (tertiary/aromatic N) is 3. The number of benzene rings is 1. The fourth-order valence-electron chi connectivity index (χ4n) is 4.07. The van der Waals surface area contributed by atoms with Gasteiger partial charge in [-0.15, -0.1) is 0 Å². The van der Waals surface area contributed by atoms with E-state index in [2.05, 4.69) is 4.90 Å². The monoisotopic (exact) mass is 343 g/mol. The van der Waals surface area contributed by atoms with Crippen molar-refractivity contribution in [3.8, 4) is 0 Å². The molecule has 1 aliphatic heterocycles. The van der Waals surface area contributed by atoms with Crippen LogP contribution in [0.15, 0.2) is 30.3 Å². The molecule has 1 saturated heterocycles. The maximum absolute atomic E-state index is 13.3. The van der Waals surface area contributed by atoms with Crippen molar-refractivity contribution in [2.24, 2.45) is 5.92 Å². The second-order valence-electron chi connectivity index (χ2n) is 7.42. The van der Waals surface area contributed by atoms with Gasteiger partial charge >= 0.3 is 6.03 Å². The highest BCUT2D eigenvalue weighted by atomic mass is 16.2. The predicted molar refractivity (Wildman–Crippen MR) is 99.6 cm³/mol. The van der Waals surface area contributed by atoms with Crippen LogP contribution in [0.1, 0.15) is 38.5 Å². The van der Waals surface area contributed by atoms with Crippen LogP contribution in [-0.2, 0) is 4.79 Å². The fraction of sp³-hybridized carbons (Fsp3) is 0.600. The molecule has 0 aromatic heterocycles. The predicted octanol–water partition coefficient (Wildman–Crippen LogP) is 3.36. The number of carbonyl (C=O) groups excluding carboxylic acids is 2. The molecule has 5 heteroatoms. The summed E-state index contributed by atoms with van der Waals surface area (Å²) in [5.74, 6) is 0.266. The summed E-state index contributed by atoms with van der Waals surface area (Å²) in [7, 11) is 3.55. The Morgan fingerprint density at radius 1 is 0.960 bits per heavy atom. The van der Waals surface area contributed by atoms with Crippen molar-refractivity contribution in [3.05, 3.63) is 30.3 Å². The lowest BCUT2D eigenvalue weighted by molar-refractivity contribution is -0.124. The minimum absolute atomic E-state index is 0.0204. The van der Waals surface area contributed by atoms with Crippen LogP contribution in [0.25, 0.3) is 0 Å². The summed E-state index contributed by atoms with van der Waals surface area (Å²) in [6.07, 6.45) is 6.12. The third-order valence-corrected chi connectivity index (χ3v) is 5.46. The van der Waals surface area contributed by atoms with Crippen LogP contribution in [0.5, 0.6) is 0 Å². The molecule has 1 aromatic rings. The summed E-state index contributed by atoms with van der Waals surface area (Å²) in [6.45, 7) is 1.33. The van der Waals surface area contributed by atoms with Gasteiger partial charge in [-0.1, -0.05) is 31.0 Å². The van der Waals surface area contributed by atoms with Crippen LogP contribution in [0.3, 0.4) is 0 Å². The number of piperidine rings is 1. The first-order valence-corrected chi connectivity index (χ1v) is 9.42. The lowest BCUT2D eigenvalue weighted by Crippen LogP contribution is -2.49. The van der Waals surface area contributed by atoms with Crippen molar-refractivity contribution in [1.29, 1.82) is 0 Å². The zero-order valence-electron chi connectivity index (χ0n) is 15.4. The Balaban J connectivity index is 1.70. The van der Waals surface area contributed by atoms with Crippen LogP contribution >= 0.6 is 0 Å². The molecule has 1 aromatic carbocycles. The summed E-state index contributed by atoms with van der Waals surface area (Å²) in [5.41, 5.74) is 1.02. The van der Waals surface area contributed by atoms with Crippen molar-refractivity contribution >= 4 is 17.6 Å². The van der Waals surface area contributed by atoms with E-state index in [-0.39, 0.29) is 17.9 Å². The minimum Gasteiger partial charge on any atom is -0.331 e. The first-order chi connectivity index (χ1) is 12.1. The van der Waals surface area contributed by atoms with Crippen LogP contribution in [-0.4, -0.2) is 55.0 Å². The first-order valence-electron chi connectivity index (χ1n) is 9.42. The maximum Gasteiger partial charge on any atom is 0.319 e. The Morgan fingerprint density at radius 2 is 1.56 bits per heavy atom. The van der Waals surface area contributed by atoms with Gasteiger partial charge in [0.2, 0.25) is 5.91 Å². The second-order valence-corrected chi connectivity index (χ2v) is 7.42. The number of hydrogen-bond acceptors (Lipinski definition) is 2. The molecule has 136 valence electrons. The molecular formula is C20H29N3O2. The molecule has 0 radical (unpaired) electrons. The molecule has 25 heavy (non-hydrogen) atoms. The topological polar surface area (TPSA) is 43.9 Å². The van der Waals surface area contributed by atoms with Gasteiger partial charge in [-0.3, -0.25) is 4.79 Å². The zero-order valence-corrected chi connectivity index (χ0v) is 15.4. The molecular weight excluding hydrogens is 314 g/mol. The molecule has 2 aliphatic rings. The SMILES string of the molecule is CN(C)C(=O)N1CCC(C(=O)N(c2ccccc2)C2CCCC2)CC1. The zero-order chi connectivity index (χ0) is 17.8. The highest BCUT2D eigenvalue weighted by Gasteiger charge is 2.35. The van der Waals surface area contributed by atoms with Gasteiger partial charge < -0.3 is 14.7 Å². The Kier molecular flexibility index (Phi) is 5.61. The Hall–Kier alpha value is -2.04.